The Labute approximate surface area is 156 Å². The number of nitrogens with zero attached hydrogens (tertiary/aromatic N) is 3. The lowest BCUT2D eigenvalue weighted by molar-refractivity contribution is 0.0892. The molecule has 1 fully saturated rings. The van der Waals surface area contributed by atoms with E-state index in [1.54, 1.807) is 17.1 Å². The lowest BCUT2D eigenvalue weighted by Gasteiger charge is -2.39. The topological polar surface area (TPSA) is 59.8 Å². The molecule has 0 saturated heterocycles. The Morgan fingerprint density at radius 2 is 2.00 bits per heavy atom. The fraction of sp³-hybridized carbons (Fsp3) is 0.571. The largest absolute Gasteiger partial charge is 0.349 e. The van der Waals surface area contributed by atoms with Crippen molar-refractivity contribution in [2.24, 2.45) is 11.3 Å². The van der Waals surface area contributed by atoms with Crippen molar-refractivity contribution in [3.63, 3.8) is 0 Å². The number of rotatable bonds is 5. The lowest BCUT2D eigenvalue weighted by atomic mass is 9.69. The molecule has 2 heterocycles. The molecule has 0 radical (unpaired) electrons. The highest BCUT2D eigenvalue weighted by Gasteiger charge is 2.32. The molecular formula is C21H30N4O. The van der Waals surface area contributed by atoms with Crippen LogP contribution < -0.4 is 5.32 Å². The second kappa shape index (κ2) is 7.60. The first kappa shape index (κ1) is 18.6. The van der Waals surface area contributed by atoms with E-state index in [1.165, 1.54) is 19.3 Å². The molecule has 0 aromatic carbocycles. The van der Waals surface area contributed by atoms with Crippen molar-refractivity contribution in [3.8, 4) is 5.82 Å². The molecule has 1 aliphatic carbocycles. The second-order valence-corrected chi connectivity index (χ2v) is 8.11. The van der Waals surface area contributed by atoms with Crippen molar-refractivity contribution in [2.45, 2.75) is 65.8 Å². The Hall–Kier alpha value is -2.17. The van der Waals surface area contributed by atoms with Gasteiger partial charge in [-0.05, 0) is 56.1 Å². The molecule has 1 aliphatic rings. The Morgan fingerprint density at radius 3 is 2.62 bits per heavy atom. The molecule has 5 nitrogen and oxygen atoms in total. The summed E-state index contributed by atoms with van der Waals surface area (Å²) in [6.07, 6.45) is 9.09. The van der Waals surface area contributed by atoms with Gasteiger partial charge in [0.2, 0.25) is 0 Å². The van der Waals surface area contributed by atoms with E-state index in [0.717, 1.165) is 30.3 Å². The van der Waals surface area contributed by atoms with Gasteiger partial charge in [0.15, 0.2) is 5.82 Å². The predicted molar refractivity (Wildman–Crippen MR) is 103 cm³/mol. The standard InChI is InChI=1S/C21H30N4O/c1-5-21(3,4)16-9-11-17(12-10-16)24-20(26)18-14-23-25(15(18)2)19-8-6-7-13-22-19/h6-8,13-14,16-17H,5,9-12H2,1-4H3,(H,24,26). The van der Waals surface area contributed by atoms with Gasteiger partial charge in [-0.1, -0.05) is 33.3 Å². The summed E-state index contributed by atoms with van der Waals surface area (Å²) in [6, 6.07) is 5.94. The van der Waals surface area contributed by atoms with E-state index in [2.05, 4.69) is 36.2 Å². The SMILES string of the molecule is CCC(C)(C)C1CCC(NC(=O)c2cnn(-c3ccccn3)c2C)CC1. The maximum Gasteiger partial charge on any atom is 0.254 e. The van der Waals surface area contributed by atoms with Crippen LogP contribution in [0.3, 0.4) is 0 Å². The third-order valence-electron chi connectivity index (χ3n) is 6.20. The number of hydrogen-bond acceptors (Lipinski definition) is 3. The smallest absolute Gasteiger partial charge is 0.254 e. The van der Waals surface area contributed by atoms with Crippen LogP contribution >= 0.6 is 0 Å². The van der Waals surface area contributed by atoms with Crippen LogP contribution in [0.4, 0.5) is 0 Å². The Balaban J connectivity index is 1.63. The molecule has 1 amide bonds. The molecule has 5 heteroatoms. The fourth-order valence-electron chi connectivity index (χ4n) is 3.91. The minimum atomic E-state index is -0.0251. The van der Waals surface area contributed by atoms with Gasteiger partial charge < -0.3 is 5.32 Å². The molecule has 0 bridgehead atoms. The molecular weight excluding hydrogens is 324 g/mol. The summed E-state index contributed by atoms with van der Waals surface area (Å²) in [5.74, 6) is 1.46. The van der Waals surface area contributed by atoms with Gasteiger partial charge in [0.25, 0.3) is 5.91 Å². The van der Waals surface area contributed by atoms with Crippen molar-refractivity contribution >= 4 is 5.91 Å². The highest BCUT2D eigenvalue weighted by Crippen LogP contribution is 2.40. The molecule has 26 heavy (non-hydrogen) atoms. The zero-order valence-electron chi connectivity index (χ0n) is 16.3. The molecule has 140 valence electrons. The summed E-state index contributed by atoms with van der Waals surface area (Å²) in [5.41, 5.74) is 1.85. The number of hydrogen-bond donors (Lipinski definition) is 1. The van der Waals surface area contributed by atoms with Crippen LogP contribution in [0.5, 0.6) is 0 Å². The van der Waals surface area contributed by atoms with E-state index in [4.69, 9.17) is 0 Å². The number of carbonyl (C=O) groups excluding carboxylic acids is 1. The van der Waals surface area contributed by atoms with Crippen molar-refractivity contribution in [1.82, 2.24) is 20.1 Å². The molecule has 2 aromatic heterocycles. The van der Waals surface area contributed by atoms with Gasteiger partial charge in [0, 0.05) is 12.2 Å². The van der Waals surface area contributed by atoms with E-state index in [9.17, 15) is 4.79 Å². The Bertz CT molecular complexity index is 743. The minimum absolute atomic E-state index is 0.0251. The number of aromatic nitrogens is 3. The average Bonchev–Trinajstić information content (AvgIpc) is 3.04. The van der Waals surface area contributed by atoms with Gasteiger partial charge >= 0.3 is 0 Å². The first-order valence-electron chi connectivity index (χ1n) is 9.69. The fourth-order valence-corrected chi connectivity index (χ4v) is 3.91. The van der Waals surface area contributed by atoms with Crippen LogP contribution in [0.15, 0.2) is 30.6 Å². The summed E-state index contributed by atoms with van der Waals surface area (Å²) < 4.78 is 1.72. The third-order valence-corrected chi connectivity index (χ3v) is 6.20. The summed E-state index contributed by atoms with van der Waals surface area (Å²) in [7, 11) is 0. The van der Waals surface area contributed by atoms with Gasteiger partial charge in [-0.2, -0.15) is 5.10 Å². The summed E-state index contributed by atoms with van der Waals surface area (Å²) in [6.45, 7) is 8.92. The summed E-state index contributed by atoms with van der Waals surface area (Å²) in [5, 5.41) is 7.57. The molecule has 0 aliphatic heterocycles. The van der Waals surface area contributed by atoms with Crippen LogP contribution in [0.25, 0.3) is 5.82 Å². The average molecular weight is 354 g/mol. The predicted octanol–water partition coefficient (Wildman–Crippen LogP) is 4.30. The first-order valence-corrected chi connectivity index (χ1v) is 9.69. The summed E-state index contributed by atoms with van der Waals surface area (Å²) in [4.78, 5) is 17.0. The van der Waals surface area contributed by atoms with Gasteiger partial charge in [0.1, 0.15) is 0 Å². The molecule has 2 aromatic rings. The van der Waals surface area contributed by atoms with Crippen LogP contribution in [0.1, 0.15) is 68.9 Å². The maximum atomic E-state index is 12.7. The highest BCUT2D eigenvalue weighted by molar-refractivity contribution is 5.95. The molecule has 0 atom stereocenters. The highest BCUT2D eigenvalue weighted by atomic mass is 16.1. The monoisotopic (exact) mass is 354 g/mol. The quantitative estimate of drug-likeness (QED) is 0.871. The van der Waals surface area contributed by atoms with Crippen molar-refractivity contribution in [1.29, 1.82) is 0 Å². The van der Waals surface area contributed by atoms with Crippen molar-refractivity contribution in [3.05, 3.63) is 41.9 Å². The van der Waals surface area contributed by atoms with Crippen LogP contribution in [0, 0.1) is 18.3 Å². The van der Waals surface area contributed by atoms with Crippen molar-refractivity contribution < 1.29 is 4.79 Å². The van der Waals surface area contributed by atoms with Crippen LogP contribution in [-0.4, -0.2) is 26.7 Å². The zero-order chi connectivity index (χ0) is 18.7. The van der Waals surface area contributed by atoms with E-state index in [-0.39, 0.29) is 11.9 Å². The number of nitrogens with one attached hydrogen (secondary N) is 1. The zero-order valence-corrected chi connectivity index (χ0v) is 16.3. The molecule has 1 saturated carbocycles. The lowest BCUT2D eigenvalue weighted by Crippen LogP contribution is -2.40. The molecule has 0 spiro atoms. The van der Waals surface area contributed by atoms with E-state index in [1.807, 2.05) is 25.1 Å². The van der Waals surface area contributed by atoms with Crippen LogP contribution in [-0.2, 0) is 0 Å². The number of amides is 1. The van der Waals surface area contributed by atoms with Gasteiger partial charge in [-0.3, -0.25) is 4.79 Å². The normalized spacial score (nSPS) is 20.8. The van der Waals surface area contributed by atoms with Gasteiger partial charge in [-0.15, -0.1) is 0 Å². The molecule has 3 rings (SSSR count). The number of carbonyl (C=O) groups is 1. The Kier molecular flexibility index (Phi) is 5.44. The number of pyridine rings is 1. The first-order chi connectivity index (χ1) is 12.4. The maximum absolute atomic E-state index is 12.7. The third kappa shape index (κ3) is 3.81. The van der Waals surface area contributed by atoms with E-state index in [0.29, 0.717) is 11.0 Å². The van der Waals surface area contributed by atoms with Crippen LogP contribution in [0.2, 0.25) is 0 Å². The van der Waals surface area contributed by atoms with E-state index >= 15 is 0 Å². The minimum Gasteiger partial charge on any atom is -0.349 e. The van der Waals surface area contributed by atoms with Crippen molar-refractivity contribution in [2.75, 3.05) is 0 Å². The molecule has 0 unspecified atom stereocenters. The van der Waals surface area contributed by atoms with E-state index < -0.39 is 0 Å². The van der Waals surface area contributed by atoms with Gasteiger partial charge in [-0.25, -0.2) is 9.67 Å². The Morgan fingerprint density at radius 1 is 1.27 bits per heavy atom. The van der Waals surface area contributed by atoms with Gasteiger partial charge in [0.05, 0.1) is 17.5 Å². The molecule has 1 N–H and O–H groups in total. The summed E-state index contributed by atoms with van der Waals surface area (Å²) >= 11 is 0. The second-order valence-electron chi connectivity index (χ2n) is 8.11.